The molecule has 0 unspecified atom stereocenters. The summed E-state index contributed by atoms with van der Waals surface area (Å²) < 4.78 is 15.2. The third-order valence-corrected chi connectivity index (χ3v) is 10.9. The molecule has 11 aromatic rings. The summed E-state index contributed by atoms with van der Waals surface area (Å²) in [6.07, 6.45) is 0. The van der Waals surface area contributed by atoms with Gasteiger partial charge in [-0.25, -0.2) is 15.0 Å². The van der Waals surface area contributed by atoms with Crippen LogP contribution in [0.3, 0.4) is 0 Å². The van der Waals surface area contributed by atoms with Crippen molar-refractivity contribution in [1.29, 1.82) is 0 Å². The maximum atomic E-state index is 6.47. The molecule has 0 saturated carbocycles. The van der Waals surface area contributed by atoms with Gasteiger partial charge in [-0.1, -0.05) is 109 Å². The van der Waals surface area contributed by atoms with E-state index in [1.54, 1.807) is 11.3 Å². The van der Waals surface area contributed by atoms with Crippen LogP contribution < -0.4 is 0 Å². The standard InChI is InChI=1S/C45H25N3O2S/c1-2-10-26(11-3-1)43-46-44(28-20-22-31-30-12-5-7-19-39(30)51-40(31)25-28)48-45(47-43)33-15-9-18-38-42(33)34-24-27(21-23-36(34)50-38)29-14-8-17-37-41(29)32-13-4-6-16-35(32)49-37/h1-25H. The lowest BCUT2D eigenvalue weighted by molar-refractivity contribution is 0.669. The zero-order valence-electron chi connectivity index (χ0n) is 27.0. The molecule has 0 radical (unpaired) electrons. The van der Waals surface area contributed by atoms with E-state index in [-0.39, 0.29) is 0 Å². The number of para-hydroxylation sites is 1. The fourth-order valence-corrected chi connectivity index (χ4v) is 8.55. The number of furan rings is 2. The Hall–Kier alpha value is -6.63. The van der Waals surface area contributed by atoms with E-state index in [1.807, 2.05) is 60.7 Å². The highest BCUT2D eigenvalue weighted by atomic mass is 32.1. The van der Waals surface area contributed by atoms with Crippen molar-refractivity contribution in [1.82, 2.24) is 15.0 Å². The first-order valence-corrected chi connectivity index (χ1v) is 17.7. The first kappa shape index (κ1) is 28.2. The molecule has 0 aliphatic rings. The second-order valence-corrected chi connectivity index (χ2v) is 13.8. The summed E-state index contributed by atoms with van der Waals surface area (Å²) in [4.78, 5) is 15.3. The van der Waals surface area contributed by atoms with Crippen molar-refractivity contribution < 1.29 is 8.83 Å². The molecule has 4 aromatic heterocycles. The molecule has 0 bridgehead atoms. The Morgan fingerprint density at radius 2 is 0.961 bits per heavy atom. The number of benzene rings is 7. The summed E-state index contributed by atoms with van der Waals surface area (Å²) in [5.74, 6) is 1.84. The predicted molar refractivity (Wildman–Crippen MR) is 209 cm³/mol. The average molecular weight is 672 g/mol. The van der Waals surface area contributed by atoms with Crippen molar-refractivity contribution in [3.05, 3.63) is 152 Å². The molecule has 7 aromatic carbocycles. The second-order valence-electron chi connectivity index (χ2n) is 12.8. The van der Waals surface area contributed by atoms with Crippen molar-refractivity contribution >= 4 is 75.4 Å². The van der Waals surface area contributed by atoms with Crippen LogP contribution in [0.4, 0.5) is 0 Å². The lowest BCUT2D eigenvalue weighted by atomic mass is 9.97. The first-order valence-electron chi connectivity index (χ1n) is 16.8. The molecular formula is C45H25N3O2S. The van der Waals surface area contributed by atoms with Crippen LogP contribution in [-0.2, 0) is 0 Å². The fraction of sp³-hybridized carbons (Fsp3) is 0. The maximum Gasteiger partial charge on any atom is 0.164 e. The van der Waals surface area contributed by atoms with Crippen LogP contribution in [0.15, 0.2) is 160 Å². The summed E-state index contributed by atoms with van der Waals surface area (Å²) in [7, 11) is 0. The highest BCUT2D eigenvalue weighted by molar-refractivity contribution is 7.25. The normalized spacial score (nSPS) is 11.9. The second kappa shape index (κ2) is 10.9. The van der Waals surface area contributed by atoms with Gasteiger partial charge in [0.1, 0.15) is 22.3 Å². The van der Waals surface area contributed by atoms with Crippen LogP contribution in [0.2, 0.25) is 0 Å². The summed E-state index contributed by atoms with van der Waals surface area (Å²) in [6.45, 7) is 0. The van der Waals surface area contributed by atoms with Crippen LogP contribution in [0.1, 0.15) is 0 Å². The van der Waals surface area contributed by atoms with Crippen molar-refractivity contribution in [2.24, 2.45) is 0 Å². The number of hydrogen-bond acceptors (Lipinski definition) is 6. The highest BCUT2D eigenvalue weighted by Gasteiger charge is 2.20. The van der Waals surface area contributed by atoms with E-state index in [0.29, 0.717) is 17.5 Å². The Kier molecular flexibility index (Phi) is 6.05. The Morgan fingerprint density at radius 3 is 1.80 bits per heavy atom. The van der Waals surface area contributed by atoms with Gasteiger partial charge in [-0.3, -0.25) is 0 Å². The molecule has 11 rings (SSSR count). The quantitative estimate of drug-likeness (QED) is 0.186. The number of thiophene rings is 1. The van der Waals surface area contributed by atoms with Gasteiger partial charge in [-0.15, -0.1) is 11.3 Å². The van der Waals surface area contributed by atoms with Crippen molar-refractivity contribution in [3.63, 3.8) is 0 Å². The van der Waals surface area contributed by atoms with Crippen LogP contribution in [0, 0.1) is 0 Å². The number of fused-ring (bicyclic) bond motifs is 9. The van der Waals surface area contributed by atoms with Crippen molar-refractivity contribution in [2.45, 2.75) is 0 Å². The van der Waals surface area contributed by atoms with E-state index < -0.39 is 0 Å². The van der Waals surface area contributed by atoms with E-state index in [4.69, 9.17) is 23.8 Å². The van der Waals surface area contributed by atoms with Gasteiger partial charge in [-0.05, 0) is 53.6 Å². The topological polar surface area (TPSA) is 65.0 Å². The van der Waals surface area contributed by atoms with Crippen molar-refractivity contribution in [3.8, 4) is 45.3 Å². The van der Waals surface area contributed by atoms with Crippen LogP contribution in [0.25, 0.3) is 109 Å². The summed E-state index contributed by atoms with van der Waals surface area (Å²) in [5.41, 5.74) is 8.28. The van der Waals surface area contributed by atoms with Crippen LogP contribution in [0.5, 0.6) is 0 Å². The molecule has 0 aliphatic carbocycles. The minimum Gasteiger partial charge on any atom is -0.456 e. The maximum absolute atomic E-state index is 6.47. The molecule has 0 spiro atoms. The van der Waals surface area contributed by atoms with Gasteiger partial charge in [0.05, 0.1) is 0 Å². The highest BCUT2D eigenvalue weighted by Crippen LogP contribution is 2.42. The summed E-state index contributed by atoms with van der Waals surface area (Å²) >= 11 is 1.79. The lowest BCUT2D eigenvalue weighted by Crippen LogP contribution is -2.00. The zero-order chi connectivity index (χ0) is 33.5. The van der Waals surface area contributed by atoms with Gasteiger partial charge in [-0.2, -0.15) is 0 Å². The van der Waals surface area contributed by atoms with Gasteiger partial charge in [0.15, 0.2) is 17.5 Å². The van der Waals surface area contributed by atoms with E-state index in [2.05, 4.69) is 91.0 Å². The minimum absolute atomic E-state index is 0.594. The van der Waals surface area contributed by atoms with Crippen molar-refractivity contribution in [2.75, 3.05) is 0 Å². The Labute approximate surface area is 295 Å². The number of rotatable bonds is 4. The minimum atomic E-state index is 0.594. The molecule has 0 amide bonds. The molecule has 6 heteroatoms. The van der Waals surface area contributed by atoms with E-state index in [9.17, 15) is 0 Å². The third-order valence-electron chi connectivity index (χ3n) is 9.75. The monoisotopic (exact) mass is 671 g/mol. The largest absolute Gasteiger partial charge is 0.456 e. The third kappa shape index (κ3) is 4.43. The average Bonchev–Trinajstić information content (AvgIpc) is 3.88. The van der Waals surface area contributed by atoms with Crippen LogP contribution >= 0.6 is 11.3 Å². The number of nitrogens with zero attached hydrogens (tertiary/aromatic N) is 3. The van der Waals surface area contributed by atoms with Gasteiger partial charge >= 0.3 is 0 Å². The molecular weight excluding hydrogens is 647 g/mol. The predicted octanol–water partition coefficient (Wildman–Crippen LogP) is 12.7. The van der Waals surface area contributed by atoms with Crippen LogP contribution in [-0.4, -0.2) is 15.0 Å². The summed E-state index contributed by atoms with van der Waals surface area (Å²) in [6, 6.07) is 52.1. The van der Waals surface area contributed by atoms with Gasteiger partial charge in [0.25, 0.3) is 0 Å². The molecule has 4 heterocycles. The molecule has 0 saturated heterocycles. The molecule has 0 N–H and O–H groups in total. The first-order chi connectivity index (χ1) is 25.2. The van der Waals surface area contributed by atoms with E-state index in [1.165, 1.54) is 20.2 Å². The van der Waals surface area contributed by atoms with Gasteiger partial charge in [0.2, 0.25) is 0 Å². The Bertz CT molecular complexity index is 3160. The molecule has 0 aliphatic heterocycles. The molecule has 51 heavy (non-hydrogen) atoms. The van der Waals surface area contributed by atoms with Gasteiger partial charge < -0.3 is 8.83 Å². The molecule has 0 fully saturated rings. The molecule has 0 atom stereocenters. The smallest absolute Gasteiger partial charge is 0.164 e. The number of hydrogen-bond donors (Lipinski definition) is 0. The van der Waals surface area contributed by atoms with E-state index >= 15 is 0 Å². The SMILES string of the molecule is c1ccc(-c2nc(-c3ccc4c(c3)sc3ccccc34)nc(-c3cccc4oc5ccc(-c6cccc7oc8ccccc8c67)cc5c34)n2)cc1. The molecule has 5 nitrogen and oxygen atoms in total. The van der Waals surface area contributed by atoms with Gasteiger partial charge in [0, 0.05) is 58.4 Å². The number of aromatic nitrogens is 3. The fourth-order valence-electron chi connectivity index (χ4n) is 7.40. The Balaban J connectivity index is 1.13. The lowest BCUT2D eigenvalue weighted by Gasteiger charge is -2.09. The zero-order valence-corrected chi connectivity index (χ0v) is 27.8. The molecule has 238 valence electrons. The Morgan fingerprint density at radius 1 is 0.353 bits per heavy atom. The van der Waals surface area contributed by atoms with E-state index in [0.717, 1.165) is 71.7 Å². The summed E-state index contributed by atoms with van der Waals surface area (Å²) in [5, 5.41) is 6.67.